The first-order chi connectivity index (χ1) is 15.5. The summed E-state index contributed by atoms with van der Waals surface area (Å²) >= 11 is 0. The van der Waals surface area contributed by atoms with Crippen LogP contribution in [-0.2, 0) is 14.8 Å². The Morgan fingerprint density at radius 2 is 1.53 bits per heavy atom. The molecule has 0 spiro atoms. The second-order valence-corrected chi connectivity index (χ2v) is 10.5. The quantitative estimate of drug-likeness (QED) is 0.661. The second-order valence-electron chi connectivity index (χ2n) is 8.59. The highest BCUT2D eigenvalue weighted by Gasteiger charge is 2.35. The van der Waals surface area contributed by atoms with E-state index in [1.165, 1.54) is 9.87 Å². The Hall–Kier alpha value is -2.38. The number of benzene rings is 2. The van der Waals surface area contributed by atoms with Crippen LogP contribution in [0.4, 0.5) is 0 Å². The third kappa shape index (κ3) is 4.99. The van der Waals surface area contributed by atoms with Gasteiger partial charge in [0.15, 0.2) is 0 Å². The number of nitrogens with zero attached hydrogens (tertiary/aromatic N) is 2. The molecule has 2 aromatic rings. The van der Waals surface area contributed by atoms with Crippen molar-refractivity contribution < 1.29 is 17.9 Å². The molecule has 0 bridgehead atoms. The molecule has 0 aliphatic carbocycles. The fraction of sp³-hybridized carbons (Fsp3) is 0.480. The van der Waals surface area contributed by atoms with E-state index in [1.54, 1.807) is 24.3 Å². The number of ether oxygens (including phenoxy) is 1. The van der Waals surface area contributed by atoms with E-state index in [4.69, 9.17) is 4.74 Å². The Kier molecular flexibility index (Phi) is 7.16. The monoisotopic (exact) mass is 456 g/mol. The van der Waals surface area contributed by atoms with Crippen molar-refractivity contribution in [3.8, 4) is 5.75 Å². The first-order valence-corrected chi connectivity index (χ1v) is 13.0. The summed E-state index contributed by atoms with van der Waals surface area (Å²) in [6, 6.07) is 17.1. The molecule has 0 aromatic heterocycles. The predicted octanol–water partition coefficient (Wildman–Crippen LogP) is 3.89. The van der Waals surface area contributed by atoms with Crippen molar-refractivity contribution in [3.05, 3.63) is 60.2 Å². The van der Waals surface area contributed by atoms with Crippen LogP contribution in [0.15, 0.2) is 59.5 Å². The van der Waals surface area contributed by atoms with E-state index in [2.05, 4.69) is 24.3 Å². The molecule has 172 valence electrons. The van der Waals surface area contributed by atoms with Crippen molar-refractivity contribution in [3.63, 3.8) is 0 Å². The van der Waals surface area contributed by atoms with Crippen LogP contribution in [0.2, 0.25) is 0 Å². The third-order valence-corrected chi connectivity index (χ3v) is 8.57. The SMILES string of the molecule is CCOc1ccc(S(=O)(=O)N2CCC(C(=O)N3CCC(c4ccccc4)CC3)CC2)cc1. The maximum atomic E-state index is 13.1. The summed E-state index contributed by atoms with van der Waals surface area (Å²) in [5.74, 6) is 1.28. The van der Waals surface area contributed by atoms with Crippen LogP contribution < -0.4 is 4.74 Å². The van der Waals surface area contributed by atoms with E-state index in [1.807, 2.05) is 17.9 Å². The van der Waals surface area contributed by atoms with Gasteiger partial charge in [-0.1, -0.05) is 30.3 Å². The zero-order chi connectivity index (χ0) is 22.6. The number of sulfonamides is 1. The smallest absolute Gasteiger partial charge is 0.243 e. The van der Waals surface area contributed by atoms with E-state index in [0.717, 1.165) is 25.9 Å². The van der Waals surface area contributed by atoms with E-state index >= 15 is 0 Å². The molecule has 2 aromatic carbocycles. The average molecular weight is 457 g/mol. The number of rotatable bonds is 6. The number of carbonyl (C=O) groups is 1. The number of amides is 1. The van der Waals surface area contributed by atoms with Crippen molar-refractivity contribution >= 4 is 15.9 Å². The van der Waals surface area contributed by atoms with Gasteiger partial charge >= 0.3 is 0 Å². The van der Waals surface area contributed by atoms with Gasteiger partial charge in [0, 0.05) is 32.1 Å². The van der Waals surface area contributed by atoms with Gasteiger partial charge in [0.25, 0.3) is 0 Å². The second kappa shape index (κ2) is 10.0. The van der Waals surface area contributed by atoms with Gasteiger partial charge in [-0.15, -0.1) is 0 Å². The van der Waals surface area contributed by atoms with Gasteiger partial charge in [0.2, 0.25) is 15.9 Å². The van der Waals surface area contributed by atoms with Crippen LogP contribution in [0.5, 0.6) is 5.75 Å². The maximum Gasteiger partial charge on any atom is 0.243 e. The summed E-state index contributed by atoms with van der Waals surface area (Å²) in [7, 11) is -3.55. The first-order valence-electron chi connectivity index (χ1n) is 11.6. The molecule has 4 rings (SSSR count). The molecule has 2 aliphatic heterocycles. The van der Waals surface area contributed by atoms with Gasteiger partial charge in [-0.25, -0.2) is 8.42 Å². The standard InChI is InChI=1S/C25H32N2O4S/c1-2-31-23-8-10-24(11-9-23)32(29,30)27-18-14-22(15-19-27)25(28)26-16-12-21(13-17-26)20-6-4-3-5-7-20/h3-11,21-22H,2,12-19H2,1H3. The number of likely N-dealkylation sites (tertiary alicyclic amines) is 1. The number of carbonyl (C=O) groups excluding carboxylic acids is 1. The Bertz CT molecular complexity index is 992. The van der Waals surface area contributed by atoms with Gasteiger partial charge in [0.1, 0.15) is 5.75 Å². The summed E-state index contributed by atoms with van der Waals surface area (Å²) in [5, 5.41) is 0. The Labute approximate surface area is 191 Å². The Morgan fingerprint density at radius 3 is 2.12 bits per heavy atom. The van der Waals surface area contributed by atoms with Crippen LogP contribution in [0.1, 0.15) is 44.1 Å². The van der Waals surface area contributed by atoms with Crippen LogP contribution in [0.25, 0.3) is 0 Å². The van der Waals surface area contributed by atoms with Crippen molar-refractivity contribution in [2.75, 3.05) is 32.8 Å². The molecule has 0 atom stereocenters. The molecule has 0 N–H and O–H groups in total. The number of hydrogen-bond acceptors (Lipinski definition) is 4. The first kappa shape index (κ1) is 22.8. The minimum absolute atomic E-state index is 0.0879. The largest absolute Gasteiger partial charge is 0.494 e. The molecule has 0 unspecified atom stereocenters. The Balaban J connectivity index is 1.30. The van der Waals surface area contributed by atoms with Crippen molar-refractivity contribution in [1.29, 1.82) is 0 Å². The van der Waals surface area contributed by atoms with Gasteiger partial charge in [0.05, 0.1) is 11.5 Å². The molecule has 32 heavy (non-hydrogen) atoms. The van der Waals surface area contributed by atoms with Crippen LogP contribution in [0.3, 0.4) is 0 Å². The third-order valence-electron chi connectivity index (χ3n) is 6.65. The Morgan fingerprint density at radius 1 is 0.906 bits per heavy atom. The number of hydrogen-bond donors (Lipinski definition) is 0. The average Bonchev–Trinajstić information content (AvgIpc) is 2.85. The highest BCUT2D eigenvalue weighted by atomic mass is 32.2. The highest BCUT2D eigenvalue weighted by Crippen LogP contribution is 2.31. The lowest BCUT2D eigenvalue weighted by Crippen LogP contribution is -2.46. The van der Waals surface area contributed by atoms with Gasteiger partial charge in [-0.3, -0.25) is 4.79 Å². The molecule has 0 radical (unpaired) electrons. The molecule has 2 aliphatic rings. The minimum Gasteiger partial charge on any atom is -0.494 e. The highest BCUT2D eigenvalue weighted by molar-refractivity contribution is 7.89. The lowest BCUT2D eigenvalue weighted by molar-refractivity contribution is -0.137. The normalized spacial score (nSPS) is 19.1. The fourth-order valence-corrected chi connectivity index (χ4v) is 6.25. The summed E-state index contributed by atoms with van der Waals surface area (Å²) in [4.78, 5) is 15.3. The molecule has 2 fully saturated rings. The zero-order valence-corrected chi connectivity index (χ0v) is 19.5. The zero-order valence-electron chi connectivity index (χ0n) is 18.7. The lowest BCUT2D eigenvalue weighted by atomic mass is 9.88. The van der Waals surface area contributed by atoms with Crippen molar-refractivity contribution in [2.45, 2.75) is 43.4 Å². The van der Waals surface area contributed by atoms with Gasteiger partial charge < -0.3 is 9.64 Å². The minimum atomic E-state index is -3.55. The molecule has 0 saturated carbocycles. The van der Waals surface area contributed by atoms with E-state index in [0.29, 0.717) is 44.2 Å². The lowest BCUT2D eigenvalue weighted by Gasteiger charge is -2.37. The fourth-order valence-electron chi connectivity index (χ4n) is 4.78. The summed E-state index contributed by atoms with van der Waals surface area (Å²) in [6.45, 7) is 4.75. The topological polar surface area (TPSA) is 66.9 Å². The number of piperidine rings is 2. The van der Waals surface area contributed by atoms with E-state index in [9.17, 15) is 13.2 Å². The molecule has 2 heterocycles. The van der Waals surface area contributed by atoms with Crippen LogP contribution in [-0.4, -0.2) is 56.3 Å². The van der Waals surface area contributed by atoms with E-state index in [-0.39, 0.29) is 16.7 Å². The van der Waals surface area contributed by atoms with Crippen LogP contribution in [0, 0.1) is 5.92 Å². The molecular formula is C25H32N2O4S. The van der Waals surface area contributed by atoms with Crippen molar-refractivity contribution in [2.24, 2.45) is 5.92 Å². The summed E-state index contributed by atoms with van der Waals surface area (Å²) in [6.07, 6.45) is 3.13. The van der Waals surface area contributed by atoms with Gasteiger partial charge in [-0.2, -0.15) is 4.31 Å². The molecule has 2 saturated heterocycles. The van der Waals surface area contributed by atoms with Gasteiger partial charge in [-0.05, 0) is 68.4 Å². The van der Waals surface area contributed by atoms with Crippen molar-refractivity contribution in [1.82, 2.24) is 9.21 Å². The van der Waals surface area contributed by atoms with Crippen LogP contribution >= 0.6 is 0 Å². The maximum absolute atomic E-state index is 13.1. The molecule has 7 heteroatoms. The molecular weight excluding hydrogens is 424 g/mol. The van der Waals surface area contributed by atoms with E-state index < -0.39 is 10.0 Å². The summed E-state index contributed by atoms with van der Waals surface area (Å²) < 4.78 is 32.9. The summed E-state index contributed by atoms with van der Waals surface area (Å²) in [5.41, 5.74) is 1.35. The predicted molar refractivity (Wildman–Crippen MR) is 124 cm³/mol. The molecule has 6 nitrogen and oxygen atoms in total. The molecule has 1 amide bonds.